The normalized spacial score (nSPS) is 11.0. The SMILES string of the molecule is COc1cccc(NC(C#N)c2ccc(F)c(C#N)c2)c1. The number of nitrogens with zero attached hydrogens (tertiary/aromatic N) is 2. The quantitative estimate of drug-likeness (QED) is 0.932. The molecular weight excluding hydrogens is 269 g/mol. The molecule has 5 heteroatoms. The van der Waals surface area contributed by atoms with Gasteiger partial charge in [0.15, 0.2) is 0 Å². The number of anilines is 1. The minimum atomic E-state index is -0.690. The van der Waals surface area contributed by atoms with E-state index in [0.717, 1.165) is 0 Å². The van der Waals surface area contributed by atoms with Crippen molar-refractivity contribution in [1.29, 1.82) is 10.5 Å². The highest BCUT2D eigenvalue weighted by atomic mass is 19.1. The molecule has 1 N–H and O–H groups in total. The molecule has 0 bridgehead atoms. The van der Waals surface area contributed by atoms with Crippen molar-refractivity contribution in [3.8, 4) is 17.9 Å². The monoisotopic (exact) mass is 281 g/mol. The third kappa shape index (κ3) is 3.29. The van der Waals surface area contributed by atoms with E-state index in [-0.39, 0.29) is 5.56 Å². The molecule has 0 saturated heterocycles. The number of ether oxygens (including phenoxy) is 1. The molecule has 0 aliphatic heterocycles. The van der Waals surface area contributed by atoms with Gasteiger partial charge < -0.3 is 10.1 Å². The standard InChI is InChI=1S/C16H12FN3O/c1-21-14-4-2-3-13(8-14)20-16(10-19)11-5-6-15(17)12(7-11)9-18/h2-8,16,20H,1H3. The first kappa shape index (κ1) is 14.4. The zero-order chi connectivity index (χ0) is 15.2. The Morgan fingerprint density at radius 1 is 1.19 bits per heavy atom. The Morgan fingerprint density at radius 3 is 2.67 bits per heavy atom. The van der Waals surface area contributed by atoms with Crippen LogP contribution in [-0.4, -0.2) is 7.11 Å². The summed E-state index contributed by atoms with van der Waals surface area (Å²) in [5.74, 6) is 0.0628. The van der Waals surface area contributed by atoms with Gasteiger partial charge in [-0.2, -0.15) is 10.5 Å². The van der Waals surface area contributed by atoms with Crippen LogP contribution in [0.25, 0.3) is 0 Å². The zero-order valence-corrected chi connectivity index (χ0v) is 11.3. The Kier molecular flexibility index (Phi) is 4.38. The third-order valence-electron chi connectivity index (χ3n) is 2.95. The molecule has 1 unspecified atom stereocenters. The van der Waals surface area contributed by atoms with Crippen molar-refractivity contribution in [2.24, 2.45) is 0 Å². The Morgan fingerprint density at radius 2 is 2.00 bits per heavy atom. The van der Waals surface area contributed by atoms with Crippen LogP contribution >= 0.6 is 0 Å². The van der Waals surface area contributed by atoms with E-state index in [1.54, 1.807) is 37.4 Å². The number of halogens is 1. The van der Waals surface area contributed by atoms with Gasteiger partial charge in [0.05, 0.1) is 18.7 Å². The van der Waals surface area contributed by atoms with Crippen molar-refractivity contribution < 1.29 is 9.13 Å². The van der Waals surface area contributed by atoms with Crippen LogP contribution in [0.4, 0.5) is 10.1 Å². The van der Waals surface area contributed by atoms with E-state index in [1.165, 1.54) is 18.2 Å². The largest absolute Gasteiger partial charge is 0.497 e. The van der Waals surface area contributed by atoms with Crippen LogP contribution in [0.15, 0.2) is 42.5 Å². The summed E-state index contributed by atoms with van der Waals surface area (Å²) < 4.78 is 18.4. The first-order chi connectivity index (χ1) is 10.2. The first-order valence-electron chi connectivity index (χ1n) is 6.17. The van der Waals surface area contributed by atoms with Crippen LogP contribution in [-0.2, 0) is 0 Å². The highest BCUT2D eigenvalue weighted by Gasteiger charge is 2.13. The first-order valence-corrected chi connectivity index (χ1v) is 6.17. The second-order valence-corrected chi connectivity index (χ2v) is 4.29. The number of nitrogens with one attached hydrogen (secondary N) is 1. The Labute approximate surface area is 122 Å². The summed E-state index contributed by atoms with van der Waals surface area (Å²) in [7, 11) is 1.56. The molecule has 0 aliphatic carbocycles. The molecule has 0 aliphatic rings. The van der Waals surface area contributed by atoms with Gasteiger partial charge in [-0.05, 0) is 29.8 Å². The molecule has 0 radical (unpaired) electrons. The van der Waals surface area contributed by atoms with Crippen molar-refractivity contribution in [2.45, 2.75) is 6.04 Å². The molecular formula is C16H12FN3O. The molecule has 0 spiro atoms. The molecule has 0 amide bonds. The highest BCUT2D eigenvalue weighted by Crippen LogP contribution is 2.23. The minimum absolute atomic E-state index is 0.0832. The molecule has 2 rings (SSSR count). The fourth-order valence-electron chi connectivity index (χ4n) is 1.88. The van der Waals surface area contributed by atoms with Gasteiger partial charge in [-0.3, -0.25) is 0 Å². The van der Waals surface area contributed by atoms with E-state index in [2.05, 4.69) is 11.4 Å². The number of hydrogen-bond donors (Lipinski definition) is 1. The lowest BCUT2D eigenvalue weighted by molar-refractivity contribution is 0.415. The molecule has 0 saturated carbocycles. The number of rotatable bonds is 4. The van der Waals surface area contributed by atoms with Gasteiger partial charge in [-0.1, -0.05) is 12.1 Å². The smallest absolute Gasteiger partial charge is 0.140 e. The third-order valence-corrected chi connectivity index (χ3v) is 2.95. The Hall–Kier alpha value is -3.05. The van der Waals surface area contributed by atoms with Gasteiger partial charge in [0.1, 0.15) is 23.7 Å². The maximum absolute atomic E-state index is 13.3. The van der Waals surface area contributed by atoms with Crippen LogP contribution in [0.1, 0.15) is 17.2 Å². The molecule has 104 valence electrons. The molecule has 21 heavy (non-hydrogen) atoms. The number of nitriles is 2. The predicted octanol–water partition coefficient (Wildman–Crippen LogP) is 3.38. The maximum atomic E-state index is 13.3. The lowest BCUT2D eigenvalue weighted by Gasteiger charge is -2.14. The molecule has 4 nitrogen and oxygen atoms in total. The van der Waals surface area contributed by atoms with Crippen LogP contribution in [0.3, 0.4) is 0 Å². The van der Waals surface area contributed by atoms with Gasteiger partial charge in [0.2, 0.25) is 0 Å². The zero-order valence-electron chi connectivity index (χ0n) is 11.3. The fourth-order valence-corrected chi connectivity index (χ4v) is 1.88. The maximum Gasteiger partial charge on any atom is 0.140 e. The molecule has 2 aromatic rings. The highest BCUT2D eigenvalue weighted by molar-refractivity contribution is 5.52. The van der Waals surface area contributed by atoms with Crippen LogP contribution < -0.4 is 10.1 Å². The average molecular weight is 281 g/mol. The lowest BCUT2D eigenvalue weighted by Crippen LogP contribution is -2.09. The topological polar surface area (TPSA) is 68.8 Å². The molecule has 2 aromatic carbocycles. The van der Waals surface area contributed by atoms with Crippen molar-refractivity contribution >= 4 is 5.69 Å². The second-order valence-electron chi connectivity index (χ2n) is 4.29. The van der Waals surface area contributed by atoms with Crippen LogP contribution in [0.5, 0.6) is 5.75 Å². The summed E-state index contributed by atoms with van der Waals surface area (Å²) >= 11 is 0. The van der Waals surface area contributed by atoms with E-state index in [0.29, 0.717) is 17.0 Å². The Bertz CT molecular complexity index is 731. The van der Waals surface area contributed by atoms with E-state index in [1.807, 2.05) is 0 Å². The van der Waals surface area contributed by atoms with Gasteiger partial charge in [0.25, 0.3) is 0 Å². The minimum Gasteiger partial charge on any atom is -0.497 e. The van der Waals surface area contributed by atoms with E-state index < -0.39 is 11.9 Å². The molecule has 0 aromatic heterocycles. The summed E-state index contributed by atoms with van der Waals surface area (Å²) in [6.07, 6.45) is 0. The lowest BCUT2D eigenvalue weighted by atomic mass is 10.0. The predicted molar refractivity (Wildman–Crippen MR) is 76.1 cm³/mol. The Balaban J connectivity index is 2.28. The second kappa shape index (κ2) is 6.40. The molecule has 0 heterocycles. The van der Waals surface area contributed by atoms with Gasteiger partial charge in [-0.25, -0.2) is 4.39 Å². The van der Waals surface area contributed by atoms with Crippen molar-refractivity contribution in [3.05, 3.63) is 59.4 Å². The summed E-state index contributed by atoms with van der Waals surface area (Å²) in [4.78, 5) is 0. The van der Waals surface area contributed by atoms with E-state index in [4.69, 9.17) is 10.00 Å². The average Bonchev–Trinajstić information content (AvgIpc) is 2.53. The van der Waals surface area contributed by atoms with Crippen molar-refractivity contribution in [2.75, 3.05) is 12.4 Å². The van der Waals surface area contributed by atoms with E-state index >= 15 is 0 Å². The summed E-state index contributed by atoms with van der Waals surface area (Å²) in [6, 6.07) is 14.3. The van der Waals surface area contributed by atoms with E-state index in [9.17, 15) is 9.65 Å². The van der Waals surface area contributed by atoms with Crippen LogP contribution in [0.2, 0.25) is 0 Å². The van der Waals surface area contributed by atoms with Gasteiger partial charge in [-0.15, -0.1) is 0 Å². The summed E-state index contributed by atoms with van der Waals surface area (Å²) in [5, 5.41) is 21.1. The number of methoxy groups -OCH3 is 1. The summed E-state index contributed by atoms with van der Waals surface area (Å²) in [6.45, 7) is 0. The fraction of sp³-hybridized carbons (Fsp3) is 0.125. The van der Waals surface area contributed by atoms with Gasteiger partial charge in [0, 0.05) is 11.8 Å². The van der Waals surface area contributed by atoms with Gasteiger partial charge >= 0.3 is 0 Å². The molecule has 0 fully saturated rings. The van der Waals surface area contributed by atoms with Crippen LogP contribution in [0, 0.1) is 28.5 Å². The number of hydrogen-bond acceptors (Lipinski definition) is 4. The molecule has 1 atom stereocenters. The van der Waals surface area contributed by atoms with Crippen molar-refractivity contribution in [1.82, 2.24) is 0 Å². The van der Waals surface area contributed by atoms with Crippen molar-refractivity contribution in [3.63, 3.8) is 0 Å². The summed E-state index contributed by atoms with van der Waals surface area (Å²) in [5.41, 5.74) is 1.14. The number of benzene rings is 2.